The third-order valence-corrected chi connectivity index (χ3v) is 4.92. The molecule has 0 radical (unpaired) electrons. The summed E-state index contributed by atoms with van der Waals surface area (Å²) >= 11 is 0. The fourth-order valence-corrected chi connectivity index (χ4v) is 3.33. The fourth-order valence-electron chi connectivity index (χ4n) is 2.55. The first-order valence-corrected chi connectivity index (χ1v) is 8.76. The van der Waals surface area contributed by atoms with Gasteiger partial charge in [0, 0.05) is 23.6 Å². The van der Waals surface area contributed by atoms with E-state index in [2.05, 4.69) is 4.98 Å². The summed E-state index contributed by atoms with van der Waals surface area (Å²) in [4.78, 5) is 16.9. The van der Waals surface area contributed by atoms with Crippen molar-refractivity contribution in [2.75, 3.05) is 0 Å². The Balaban J connectivity index is 2.31. The molecule has 0 spiro atoms. The predicted octanol–water partition coefficient (Wildman–Crippen LogP) is 2.05. The molecule has 2 aromatic rings. The summed E-state index contributed by atoms with van der Waals surface area (Å²) in [5.74, 6) is 0.779. The number of rotatable bonds is 1. The van der Waals surface area contributed by atoms with Gasteiger partial charge < -0.3 is 0 Å². The van der Waals surface area contributed by atoms with Gasteiger partial charge in [0.1, 0.15) is 5.82 Å². The average Bonchev–Trinajstić information content (AvgIpc) is 2.63. The van der Waals surface area contributed by atoms with Crippen LogP contribution in [0.15, 0.2) is 27.9 Å². The fraction of sp³-hybridized carbons (Fsp3) is 0.385. The highest BCUT2D eigenvalue weighted by Gasteiger charge is 2.16. The van der Waals surface area contributed by atoms with E-state index in [0.717, 1.165) is 31.5 Å². The minimum absolute atomic E-state index is 0.0697. The van der Waals surface area contributed by atoms with E-state index in [0.29, 0.717) is 17.4 Å². The Morgan fingerprint density at radius 1 is 1.20 bits per heavy atom. The van der Waals surface area contributed by atoms with Crippen LogP contribution in [-0.4, -0.2) is 18.0 Å². The number of benzene rings is 1. The number of halogens is 1. The quantitative estimate of drug-likeness (QED) is 0.756. The lowest BCUT2D eigenvalue weighted by Gasteiger charge is -2.10. The van der Waals surface area contributed by atoms with E-state index < -0.39 is 9.05 Å². The van der Waals surface area contributed by atoms with Gasteiger partial charge in [0.05, 0.1) is 15.8 Å². The van der Waals surface area contributed by atoms with E-state index >= 15 is 0 Å². The summed E-state index contributed by atoms with van der Waals surface area (Å²) < 4.78 is 24.4. The van der Waals surface area contributed by atoms with Crippen molar-refractivity contribution < 1.29 is 8.42 Å². The predicted molar refractivity (Wildman–Crippen MR) is 76.6 cm³/mol. The van der Waals surface area contributed by atoms with Crippen molar-refractivity contribution in [3.05, 3.63) is 34.4 Å². The lowest BCUT2D eigenvalue weighted by atomic mass is 10.2. The number of fused-ring (bicyclic) bond motifs is 2. The lowest BCUT2D eigenvalue weighted by molar-refractivity contribution is 0.609. The molecule has 5 nitrogen and oxygen atoms in total. The minimum Gasteiger partial charge on any atom is -0.296 e. The first-order chi connectivity index (χ1) is 9.47. The van der Waals surface area contributed by atoms with E-state index in [9.17, 15) is 13.2 Å². The second-order valence-electron chi connectivity index (χ2n) is 4.91. The van der Waals surface area contributed by atoms with Gasteiger partial charge in [-0.2, -0.15) is 0 Å². The van der Waals surface area contributed by atoms with Crippen molar-refractivity contribution in [1.82, 2.24) is 9.55 Å². The maximum atomic E-state index is 12.5. The standard InChI is InChI=1S/C13H13ClN2O3S/c14-20(18,19)9-5-6-11-10(8-9)13(17)16-7-3-1-2-4-12(16)15-11/h5-6,8H,1-4,7H2. The Labute approximate surface area is 120 Å². The Kier molecular flexibility index (Phi) is 3.30. The first kappa shape index (κ1) is 13.6. The molecule has 3 rings (SSSR count). The van der Waals surface area contributed by atoms with Crippen LogP contribution in [0.4, 0.5) is 0 Å². The van der Waals surface area contributed by atoms with Gasteiger partial charge >= 0.3 is 0 Å². The maximum Gasteiger partial charge on any atom is 0.261 e. The van der Waals surface area contributed by atoms with Gasteiger partial charge in [-0.1, -0.05) is 6.42 Å². The Hall–Kier alpha value is -1.40. The van der Waals surface area contributed by atoms with E-state index in [4.69, 9.17) is 10.7 Å². The van der Waals surface area contributed by atoms with Crippen LogP contribution < -0.4 is 5.56 Å². The molecule has 7 heteroatoms. The Morgan fingerprint density at radius 2 is 2.00 bits per heavy atom. The zero-order valence-electron chi connectivity index (χ0n) is 10.7. The molecule has 20 heavy (non-hydrogen) atoms. The van der Waals surface area contributed by atoms with Crippen LogP contribution in [0.5, 0.6) is 0 Å². The molecule has 0 fully saturated rings. The van der Waals surface area contributed by atoms with Gasteiger partial charge in [-0.3, -0.25) is 9.36 Å². The molecule has 1 aromatic heterocycles. The van der Waals surface area contributed by atoms with Crippen LogP contribution in [0.1, 0.15) is 25.1 Å². The monoisotopic (exact) mass is 312 g/mol. The summed E-state index contributed by atoms with van der Waals surface area (Å²) in [6.45, 7) is 0.634. The Morgan fingerprint density at radius 3 is 2.75 bits per heavy atom. The Bertz CT molecular complexity index is 843. The number of nitrogens with zero attached hydrogens (tertiary/aromatic N) is 2. The van der Waals surface area contributed by atoms with Gasteiger partial charge in [-0.15, -0.1) is 0 Å². The van der Waals surface area contributed by atoms with E-state index in [-0.39, 0.29) is 10.5 Å². The summed E-state index contributed by atoms with van der Waals surface area (Å²) in [7, 11) is 1.48. The van der Waals surface area contributed by atoms with Gasteiger partial charge in [-0.05, 0) is 31.0 Å². The summed E-state index contributed by atoms with van der Waals surface area (Å²) in [5.41, 5.74) is 0.335. The third-order valence-electron chi connectivity index (χ3n) is 3.57. The van der Waals surface area contributed by atoms with Crippen LogP contribution >= 0.6 is 10.7 Å². The highest BCUT2D eigenvalue weighted by atomic mass is 35.7. The number of hydrogen-bond acceptors (Lipinski definition) is 4. The second kappa shape index (κ2) is 4.86. The number of hydrogen-bond donors (Lipinski definition) is 0. The van der Waals surface area contributed by atoms with Crippen molar-refractivity contribution in [1.29, 1.82) is 0 Å². The molecule has 0 amide bonds. The second-order valence-corrected chi connectivity index (χ2v) is 7.48. The SMILES string of the molecule is O=c1c2cc(S(=O)(=O)Cl)ccc2nc2n1CCCCC2. The highest BCUT2D eigenvalue weighted by Crippen LogP contribution is 2.20. The molecule has 1 aromatic carbocycles. The van der Waals surface area contributed by atoms with Crippen molar-refractivity contribution in [3.63, 3.8) is 0 Å². The molecule has 0 aliphatic carbocycles. The van der Waals surface area contributed by atoms with Gasteiger partial charge in [-0.25, -0.2) is 13.4 Å². The van der Waals surface area contributed by atoms with Crippen molar-refractivity contribution in [3.8, 4) is 0 Å². The molecular formula is C13H13ClN2O3S. The van der Waals surface area contributed by atoms with Crippen LogP contribution in [-0.2, 0) is 22.0 Å². The van der Waals surface area contributed by atoms with Crippen LogP contribution in [0.3, 0.4) is 0 Å². The van der Waals surface area contributed by atoms with Gasteiger partial charge in [0.15, 0.2) is 0 Å². The molecular weight excluding hydrogens is 300 g/mol. The molecule has 1 aliphatic rings. The van der Waals surface area contributed by atoms with Crippen LogP contribution in [0.25, 0.3) is 10.9 Å². The van der Waals surface area contributed by atoms with Crippen molar-refractivity contribution >= 4 is 30.6 Å². The van der Waals surface area contributed by atoms with Crippen LogP contribution in [0.2, 0.25) is 0 Å². The third kappa shape index (κ3) is 2.33. The summed E-state index contributed by atoms with van der Waals surface area (Å²) in [6, 6.07) is 4.23. The van der Waals surface area contributed by atoms with E-state index in [1.54, 1.807) is 4.57 Å². The number of aryl methyl sites for hydroxylation is 1. The summed E-state index contributed by atoms with van der Waals surface area (Å²) in [6.07, 6.45) is 3.81. The first-order valence-electron chi connectivity index (χ1n) is 6.45. The molecule has 0 saturated heterocycles. The average molecular weight is 313 g/mol. The van der Waals surface area contributed by atoms with E-state index in [1.165, 1.54) is 18.2 Å². The van der Waals surface area contributed by atoms with Crippen molar-refractivity contribution in [2.24, 2.45) is 0 Å². The van der Waals surface area contributed by atoms with E-state index in [1.807, 2.05) is 0 Å². The van der Waals surface area contributed by atoms with Crippen molar-refractivity contribution in [2.45, 2.75) is 37.1 Å². The zero-order chi connectivity index (χ0) is 14.3. The molecule has 0 N–H and O–H groups in total. The molecule has 106 valence electrons. The molecule has 2 heterocycles. The highest BCUT2D eigenvalue weighted by molar-refractivity contribution is 8.13. The normalized spacial score (nSPS) is 15.8. The number of aromatic nitrogens is 2. The van der Waals surface area contributed by atoms with Gasteiger partial charge in [0.2, 0.25) is 0 Å². The topological polar surface area (TPSA) is 69.0 Å². The lowest BCUT2D eigenvalue weighted by Crippen LogP contribution is -2.24. The molecule has 0 bridgehead atoms. The molecule has 0 saturated carbocycles. The summed E-state index contributed by atoms with van der Waals surface area (Å²) in [5, 5.41) is 0.303. The molecule has 0 atom stereocenters. The zero-order valence-corrected chi connectivity index (χ0v) is 12.2. The maximum absolute atomic E-state index is 12.5. The smallest absolute Gasteiger partial charge is 0.261 e. The van der Waals surface area contributed by atoms with Gasteiger partial charge in [0.25, 0.3) is 14.6 Å². The molecule has 1 aliphatic heterocycles. The minimum atomic E-state index is -3.84. The largest absolute Gasteiger partial charge is 0.296 e. The molecule has 0 unspecified atom stereocenters. The van der Waals surface area contributed by atoms with Crippen LogP contribution in [0, 0.1) is 0 Å².